The molecule has 0 spiro atoms. The summed E-state index contributed by atoms with van der Waals surface area (Å²) >= 11 is 0. The van der Waals surface area contributed by atoms with E-state index < -0.39 is 10.0 Å². The first-order valence-electron chi connectivity index (χ1n) is 7.29. The number of hydrogen-bond acceptors (Lipinski definition) is 4. The molecule has 0 saturated heterocycles. The SMILES string of the molecule is CC(C)NS(=O)(=O)Cc1ccccc1CNC(=O)C(C)CN. The van der Waals surface area contributed by atoms with Gasteiger partial charge in [0.05, 0.1) is 5.75 Å². The summed E-state index contributed by atoms with van der Waals surface area (Å²) < 4.78 is 26.6. The van der Waals surface area contributed by atoms with Crippen molar-refractivity contribution in [2.75, 3.05) is 6.54 Å². The van der Waals surface area contributed by atoms with E-state index in [1.807, 2.05) is 12.1 Å². The number of nitrogens with two attached hydrogens (primary N) is 1. The second kappa shape index (κ2) is 8.26. The number of carbonyl (C=O) groups excluding carboxylic acids is 1. The first-order chi connectivity index (χ1) is 10.2. The minimum Gasteiger partial charge on any atom is -0.352 e. The van der Waals surface area contributed by atoms with Gasteiger partial charge in [-0.1, -0.05) is 31.2 Å². The Morgan fingerprint density at radius 2 is 1.77 bits per heavy atom. The van der Waals surface area contributed by atoms with Crippen molar-refractivity contribution in [3.05, 3.63) is 35.4 Å². The minimum atomic E-state index is -3.40. The number of amides is 1. The lowest BCUT2D eigenvalue weighted by Crippen LogP contribution is -2.34. The van der Waals surface area contributed by atoms with Crippen LogP contribution >= 0.6 is 0 Å². The highest BCUT2D eigenvalue weighted by Crippen LogP contribution is 2.12. The van der Waals surface area contributed by atoms with Crippen molar-refractivity contribution >= 4 is 15.9 Å². The lowest BCUT2D eigenvalue weighted by Gasteiger charge is -2.14. The average Bonchev–Trinajstić information content (AvgIpc) is 2.43. The zero-order valence-electron chi connectivity index (χ0n) is 13.3. The summed E-state index contributed by atoms with van der Waals surface area (Å²) in [5, 5.41) is 2.78. The topological polar surface area (TPSA) is 101 Å². The Morgan fingerprint density at radius 3 is 2.32 bits per heavy atom. The number of rotatable bonds is 8. The van der Waals surface area contributed by atoms with Gasteiger partial charge in [-0.25, -0.2) is 13.1 Å². The Bertz CT molecular complexity index is 600. The van der Waals surface area contributed by atoms with Crippen LogP contribution in [0.5, 0.6) is 0 Å². The van der Waals surface area contributed by atoms with Crippen LogP contribution in [-0.4, -0.2) is 26.9 Å². The average molecular weight is 327 g/mol. The molecule has 1 rings (SSSR count). The van der Waals surface area contributed by atoms with Gasteiger partial charge >= 0.3 is 0 Å². The molecule has 1 amide bonds. The zero-order chi connectivity index (χ0) is 16.8. The van der Waals surface area contributed by atoms with Gasteiger partial charge < -0.3 is 11.1 Å². The maximum Gasteiger partial charge on any atom is 0.224 e. The van der Waals surface area contributed by atoms with Crippen molar-refractivity contribution in [1.29, 1.82) is 0 Å². The molecule has 0 aliphatic heterocycles. The highest BCUT2D eigenvalue weighted by Gasteiger charge is 2.16. The Kier molecular flexibility index (Phi) is 6.99. The van der Waals surface area contributed by atoms with E-state index in [0.717, 1.165) is 5.56 Å². The number of sulfonamides is 1. The smallest absolute Gasteiger partial charge is 0.224 e. The van der Waals surface area contributed by atoms with Crippen LogP contribution in [0.4, 0.5) is 0 Å². The summed E-state index contributed by atoms with van der Waals surface area (Å²) in [4.78, 5) is 11.8. The summed E-state index contributed by atoms with van der Waals surface area (Å²) in [6, 6.07) is 7.02. The second-order valence-corrected chi connectivity index (χ2v) is 7.41. The van der Waals surface area contributed by atoms with Gasteiger partial charge in [-0.2, -0.15) is 0 Å². The Hall–Kier alpha value is -1.44. The fourth-order valence-electron chi connectivity index (χ4n) is 1.94. The van der Waals surface area contributed by atoms with E-state index in [0.29, 0.717) is 5.56 Å². The van der Waals surface area contributed by atoms with Crippen LogP contribution in [0.15, 0.2) is 24.3 Å². The summed E-state index contributed by atoms with van der Waals surface area (Å²) in [6.45, 7) is 5.87. The Labute approximate surface area is 132 Å². The van der Waals surface area contributed by atoms with Crippen LogP contribution in [0.25, 0.3) is 0 Å². The second-order valence-electron chi connectivity index (χ2n) is 5.65. The predicted octanol–water partition coefficient (Wildman–Crippen LogP) is 0.725. The number of hydrogen-bond donors (Lipinski definition) is 3. The highest BCUT2D eigenvalue weighted by molar-refractivity contribution is 7.88. The molecule has 0 radical (unpaired) electrons. The molecule has 1 aromatic carbocycles. The van der Waals surface area contributed by atoms with Gasteiger partial charge in [-0.15, -0.1) is 0 Å². The van der Waals surface area contributed by atoms with Crippen LogP contribution in [0.3, 0.4) is 0 Å². The normalized spacial score (nSPS) is 13.1. The van der Waals surface area contributed by atoms with Crippen molar-refractivity contribution in [3.8, 4) is 0 Å². The molecule has 1 unspecified atom stereocenters. The fourth-order valence-corrected chi connectivity index (χ4v) is 3.43. The van der Waals surface area contributed by atoms with Crippen LogP contribution in [0.1, 0.15) is 31.9 Å². The van der Waals surface area contributed by atoms with E-state index in [9.17, 15) is 13.2 Å². The summed E-state index contributed by atoms with van der Waals surface area (Å²) in [5.41, 5.74) is 6.92. The van der Waals surface area contributed by atoms with E-state index in [1.54, 1.807) is 32.9 Å². The number of benzene rings is 1. The number of carbonyl (C=O) groups is 1. The first-order valence-corrected chi connectivity index (χ1v) is 8.95. The van der Waals surface area contributed by atoms with Gasteiger partial charge in [0.1, 0.15) is 0 Å². The van der Waals surface area contributed by atoms with Crippen LogP contribution in [-0.2, 0) is 27.1 Å². The Balaban J connectivity index is 2.80. The molecule has 0 saturated carbocycles. The molecule has 0 bridgehead atoms. The van der Waals surface area contributed by atoms with Crippen LogP contribution in [0.2, 0.25) is 0 Å². The molecule has 0 aliphatic rings. The lowest BCUT2D eigenvalue weighted by atomic mass is 10.1. The van der Waals surface area contributed by atoms with Gasteiger partial charge in [-0.05, 0) is 25.0 Å². The van der Waals surface area contributed by atoms with Crippen molar-refractivity contribution in [1.82, 2.24) is 10.0 Å². The Morgan fingerprint density at radius 1 is 1.18 bits per heavy atom. The molecular weight excluding hydrogens is 302 g/mol. The molecular formula is C15H25N3O3S. The molecule has 7 heteroatoms. The van der Waals surface area contributed by atoms with Gasteiger partial charge in [-0.3, -0.25) is 4.79 Å². The van der Waals surface area contributed by atoms with E-state index in [2.05, 4.69) is 10.0 Å². The molecule has 6 nitrogen and oxygen atoms in total. The summed E-state index contributed by atoms with van der Waals surface area (Å²) in [7, 11) is -3.40. The first kappa shape index (κ1) is 18.6. The van der Waals surface area contributed by atoms with Gasteiger partial charge in [0.25, 0.3) is 0 Å². The maximum absolute atomic E-state index is 12.0. The molecule has 4 N–H and O–H groups in total. The molecule has 0 heterocycles. The molecule has 0 aliphatic carbocycles. The zero-order valence-corrected chi connectivity index (χ0v) is 14.1. The van der Waals surface area contributed by atoms with E-state index >= 15 is 0 Å². The summed E-state index contributed by atoms with van der Waals surface area (Å²) in [5.74, 6) is -0.511. The van der Waals surface area contributed by atoms with Crippen molar-refractivity contribution in [2.24, 2.45) is 11.7 Å². The minimum absolute atomic E-state index is 0.107. The van der Waals surface area contributed by atoms with E-state index in [4.69, 9.17) is 5.73 Å². The van der Waals surface area contributed by atoms with E-state index in [1.165, 1.54) is 0 Å². The molecule has 1 aromatic rings. The summed E-state index contributed by atoms with van der Waals surface area (Å²) in [6.07, 6.45) is 0. The molecule has 124 valence electrons. The highest BCUT2D eigenvalue weighted by atomic mass is 32.2. The third-order valence-electron chi connectivity index (χ3n) is 3.13. The third kappa shape index (κ3) is 6.13. The van der Waals surface area contributed by atoms with Crippen molar-refractivity contribution in [2.45, 2.75) is 39.1 Å². The van der Waals surface area contributed by atoms with Crippen molar-refractivity contribution in [3.63, 3.8) is 0 Å². The fraction of sp³-hybridized carbons (Fsp3) is 0.533. The van der Waals surface area contributed by atoms with Gasteiger partial charge in [0.15, 0.2) is 0 Å². The van der Waals surface area contributed by atoms with E-state index in [-0.39, 0.29) is 36.7 Å². The van der Waals surface area contributed by atoms with Gasteiger partial charge in [0.2, 0.25) is 15.9 Å². The standard InChI is InChI=1S/C15H25N3O3S/c1-11(2)18-22(20,21)10-14-7-5-4-6-13(14)9-17-15(19)12(3)8-16/h4-7,11-12,18H,8-10,16H2,1-3H3,(H,17,19). The maximum atomic E-state index is 12.0. The van der Waals surface area contributed by atoms with Gasteiger partial charge in [0, 0.05) is 25.0 Å². The molecule has 0 aromatic heterocycles. The quantitative estimate of drug-likeness (QED) is 0.655. The monoisotopic (exact) mass is 327 g/mol. The lowest BCUT2D eigenvalue weighted by molar-refractivity contribution is -0.124. The van der Waals surface area contributed by atoms with Crippen molar-refractivity contribution < 1.29 is 13.2 Å². The van der Waals surface area contributed by atoms with Crippen LogP contribution < -0.4 is 15.8 Å². The third-order valence-corrected chi connectivity index (χ3v) is 4.65. The molecule has 1 atom stereocenters. The molecule has 0 fully saturated rings. The predicted molar refractivity (Wildman–Crippen MR) is 87.4 cm³/mol. The molecule has 22 heavy (non-hydrogen) atoms. The largest absolute Gasteiger partial charge is 0.352 e. The van der Waals surface area contributed by atoms with Crippen LogP contribution in [0, 0.1) is 5.92 Å². The number of nitrogens with one attached hydrogen (secondary N) is 2.